The minimum atomic E-state index is -0.0763. The molecule has 0 bridgehead atoms. The Balaban J connectivity index is 1.71. The highest BCUT2D eigenvalue weighted by Crippen LogP contribution is 2.39. The maximum Gasteiger partial charge on any atom is 0.123 e. The van der Waals surface area contributed by atoms with E-state index >= 15 is 0 Å². The van der Waals surface area contributed by atoms with Crippen molar-refractivity contribution in [3.8, 4) is 0 Å². The molecule has 3 heterocycles. The predicted octanol–water partition coefficient (Wildman–Crippen LogP) is 0.995. The minimum Gasteiger partial charge on any atom is -0.378 e. The van der Waals surface area contributed by atoms with Crippen LogP contribution in [0.15, 0.2) is 12.4 Å². The van der Waals surface area contributed by atoms with Gasteiger partial charge < -0.3 is 20.2 Å². The van der Waals surface area contributed by atoms with E-state index in [1.165, 1.54) is 0 Å². The van der Waals surface area contributed by atoms with Crippen molar-refractivity contribution in [1.82, 2.24) is 9.97 Å². The van der Waals surface area contributed by atoms with Crippen LogP contribution in [0.2, 0.25) is 0 Å². The van der Waals surface area contributed by atoms with Crippen LogP contribution in [0.3, 0.4) is 0 Å². The molecule has 0 amide bonds. The molecule has 1 aromatic heterocycles. The highest BCUT2D eigenvalue weighted by molar-refractivity contribution is 5.01. The number of imidazole rings is 1. The lowest BCUT2D eigenvalue weighted by atomic mass is 9.81. The van der Waals surface area contributed by atoms with E-state index in [9.17, 15) is 0 Å². The molecular formula is C12H19N3O2. The Labute approximate surface area is 101 Å². The molecule has 2 saturated heterocycles. The minimum absolute atomic E-state index is 0.0219. The Morgan fingerprint density at radius 3 is 3.18 bits per heavy atom. The van der Waals surface area contributed by atoms with E-state index in [1.54, 1.807) is 6.20 Å². The third-order valence-electron chi connectivity index (χ3n) is 3.94. The maximum absolute atomic E-state index is 6.27. The van der Waals surface area contributed by atoms with Crippen LogP contribution >= 0.6 is 0 Å². The average Bonchev–Trinajstić information content (AvgIpc) is 3.00. The SMILES string of the molecule is NC(c1ncc[nH]1)C1CCOC2(CCOC2)C1. The molecule has 1 aromatic rings. The van der Waals surface area contributed by atoms with E-state index in [-0.39, 0.29) is 11.6 Å². The van der Waals surface area contributed by atoms with Crippen LogP contribution in [-0.4, -0.2) is 35.4 Å². The summed E-state index contributed by atoms with van der Waals surface area (Å²) in [5.41, 5.74) is 6.20. The molecule has 2 aliphatic rings. The largest absolute Gasteiger partial charge is 0.378 e. The molecule has 1 spiro atoms. The zero-order valence-corrected chi connectivity index (χ0v) is 9.89. The Hall–Kier alpha value is -0.910. The van der Waals surface area contributed by atoms with Gasteiger partial charge in [-0.15, -0.1) is 0 Å². The molecule has 0 radical (unpaired) electrons. The molecule has 0 saturated carbocycles. The summed E-state index contributed by atoms with van der Waals surface area (Å²) in [6, 6.07) is -0.0219. The van der Waals surface area contributed by atoms with Crippen LogP contribution in [0.4, 0.5) is 0 Å². The number of rotatable bonds is 2. The van der Waals surface area contributed by atoms with Crippen molar-refractivity contribution in [2.75, 3.05) is 19.8 Å². The summed E-state index contributed by atoms with van der Waals surface area (Å²) < 4.78 is 11.4. The van der Waals surface area contributed by atoms with Crippen LogP contribution in [-0.2, 0) is 9.47 Å². The number of H-pyrrole nitrogens is 1. The lowest BCUT2D eigenvalue weighted by Crippen LogP contribution is -2.43. The first-order valence-electron chi connectivity index (χ1n) is 6.26. The van der Waals surface area contributed by atoms with Crippen LogP contribution in [0.1, 0.15) is 31.1 Å². The normalized spacial score (nSPS) is 35.2. The van der Waals surface area contributed by atoms with Crippen molar-refractivity contribution in [3.63, 3.8) is 0 Å². The van der Waals surface area contributed by atoms with Gasteiger partial charge in [0.05, 0.1) is 18.2 Å². The topological polar surface area (TPSA) is 73.2 Å². The highest BCUT2D eigenvalue weighted by atomic mass is 16.6. The van der Waals surface area contributed by atoms with Gasteiger partial charge in [0, 0.05) is 32.0 Å². The molecule has 5 heteroatoms. The standard InChI is InChI=1S/C12H19N3O2/c13-10(11-14-3-4-15-11)9-1-5-17-12(7-9)2-6-16-8-12/h3-4,9-10H,1-2,5-8,13H2,(H,14,15). The van der Waals surface area contributed by atoms with Crippen molar-refractivity contribution < 1.29 is 9.47 Å². The van der Waals surface area contributed by atoms with Crippen molar-refractivity contribution in [3.05, 3.63) is 18.2 Å². The number of nitrogens with one attached hydrogen (secondary N) is 1. The second-order valence-corrected chi connectivity index (χ2v) is 5.09. The van der Waals surface area contributed by atoms with Gasteiger partial charge in [0.25, 0.3) is 0 Å². The van der Waals surface area contributed by atoms with Crippen LogP contribution < -0.4 is 5.73 Å². The molecule has 94 valence electrons. The van der Waals surface area contributed by atoms with E-state index in [4.69, 9.17) is 15.2 Å². The zero-order chi connectivity index (χ0) is 11.7. The van der Waals surface area contributed by atoms with Gasteiger partial charge in [0.15, 0.2) is 0 Å². The van der Waals surface area contributed by atoms with Gasteiger partial charge in [0.1, 0.15) is 5.82 Å². The third-order valence-corrected chi connectivity index (χ3v) is 3.94. The molecule has 3 rings (SSSR count). The van der Waals surface area contributed by atoms with Crippen LogP contribution in [0, 0.1) is 5.92 Å². The maximum atomic E-state index is 6.27. The second-order valence-electron chi connectivity index (χ2n) is 5.09. The Bertz CT molecular complexity index is 360. The first-order chi connectivity index (χ1) is 8.29. The fourth-order valence-corrected chi connectivity index (χ4v) is 2.92. The molecule has 0 aliphatic carbocycles. The fourth-order valence-electron chi connectivity index (χ4n) is 2.92. The third kappa shape index (κ3) is 2.10. The Morgan fingerprint density at radius 1 is 1.53 bits per heavy atom. The molecule has 0 aromatic carbocycles. The van der Waals surface area contributed by atoms with Crippen molar-refractivity contribution in [1.29, 1.82) is 0 Å². The molecular weight excluding hydrogens is 218 g/mol. The molecule has 3 N–H and O–H groups in total. The zero-order valence-electron chi connectivity index (χ0n) is 9.89. The summed E-state index contributed by atoms with van der Waals surface area (Å²) >= 11 is 0. The molecule has 5 nitrogen and oxygen atoms in total. The second kappa shape index (κ2) is 4.40. The summed E-state index contributed by atoms with van der Waals surface area (Å²) in [4.78, 5) is 7.36. The quantitative estimate of drug-likeness (QED) is 0.804. The van der Waals surface area contributed by atoms with Gasteiger partial charge in [-0.2, -0.15) is 0 Å². The van der Waals surface area contributed by atoms with E-state index in [1.807, 2.05) is 6.20 Å². The first kappa shape index (κ1) is 11.2. The molecule has 2 aliphatic heterocycles. The number of hydrogen-bond acceptors (Lipinski definition) is 4. The van der Waals surface area contributed by atoms with E-state index in [2.05, 4.69) is 9.97 Å². The van der Waals surface area contributed by atoms with Gasteiger partial charge in [-0.05, 0) is 18.8 Å². The number of nitrogens with two attached hydrogens (primary N) is 1. The summed E-state index contributed by atoms with van der Waals surface area (Å²) in [5.74, 6) is 1.31. The van der Waals surface area contributed by atoms with Gasteiger partial charge in [-0.3, -0.25) is 0 Å². The molecule has 2 fully saturated rings. The van der Waals surface area contributed by atoms with Crippen LogP contribution in [0.25, 0.3) is 0 Å². The molecule has 3 atom stereocenters. The number of aromatic nitrogens is 2. The average molecular weight is 237 g/mol. The predicted molar refractivity (Wildman–Crippen MR) is 62.4 cm³/mol. The number of ether oxygens (including phenoxy) is 2. The summed E-state index contributed by atoms with van der Waals surface area (Å²) in [6.07, 6.45) is 6.55. The summed E-state index contributed by atoms with van der Waals surface area (Å²) in [7, 11) is 0. The number of aromatic amines is 1. The Morgan fingerprint density at radius 2 is 2.47 bits per heavy atom. The summed E-state index contributed by atoms with van der Waals surface area (Å²) in [6.45, 7) is 2.31. The molecule has 17 heavy (non-hydrogen) atoms. The van der Waals surface area contributed by atoms with E-state index in [0.717, 1.165) is 38.3 Å². The van der Waals surface area contributed by atoms with E-state index in [0.29, 0.717) is 12.5 Å². The first-order valence-corrected chi connectivity index (χ1v) is 6.26. The van der Waals surface area contributed by atoms with Crippen LogP contribution in [0.5, 0.6) is 0 Å². The van der Waals surface area contributed by atoms with Gasteiger partial charge in [-0.1, -0.05) is 0 Å². The fraction of sp³-hybridized carbons (Fsp3) is 0.750. The smallest absolute Gasteiger partial charge is 0.123 e. The van der Waals surface area contributed by atoms with E-state index < -0.39 is 0 Å². The monoisotopic (exact) mass is 237 g/mol. The highest BCUT2D eigenvalue weighted by Gasteiger charge is 2.42. The van der Waals surface area contributed by atoms with Crippen molar-refractivity contribution in [2.24, 2.45) is 11.7 Å². The van der Waals surface area contributed by atoms with Gasteiger partial charge in [-0.25, -0.2) is 4.98 Å². The van der Waals surface area contributed by atoms with Crippen molar-refractivity contribution in [2.45, 2.75) is 30.9 Å². The van der Waals surface area contributed by atoms with Gasteiger partial charge in [0.2, 0.25) is 0 Å². The number of nitrogens with zero attached hydrogens (tertiary/aromatic N) is 1. The molecule has 3 unspecified atom stereocenters. The number of hydrogen-bond donors (Lipinski definition) is 2. The van der Waals surface area contributed by atoms with Gasteiger partial charge >= 0.3 is 0 Å². The summed E-state index contributed by atoms with van der Waals surface area (Å²) in [5, 5.41) is 0. The van der Waals surface area contributed by atoms with Crippen molar-refractivity contribution >= 4 is 0 Å². The Kier molecular flexibility index (Phi) is 2.90. The lowest BCUT2D eigenvalue weighted by Gasteiger charge is -2.38. The lowest BCUT2D eigenvalue weighted by molar-refractivity contribution is -0.102.